The molecule has 27 nitrogen and oxygen atoms in total. The zero-order valence-electron chi connectivity index (χ0n) is 46.5. The fourth-order valence-electron chi connectivity index (χ4n) is 10.8. The number of carbonyl (C=O) groups excluding carboxylic acids is 9. The highest BCUT2D eigenvalue weighted by atomic mass is 16.2. The third-order valence-electron chi connectivity index (χ3n) is 15.0. The minimum Gasteiger partial charge on any atom is -0.350 e. The van der Waals surface area contributed by atoms with Crippen LogP contribution in [0, 0.1) is 5.92 Å². The molecule has 8 amide bonds. The summed E-state index contributed by atoms with van der Waals surface area (Å²) in [6, 6.07) is 13.8. The number of rotatable bonds is 17. The van der Waals surface area contributed by atoms with Gasteiger partial charge in [-0.3, -0.25) is 43.2 Å². The Kier molecular flexibility index (Phi) is 14.0. The molecular formula is C57H56N18O9. The lowest BCUT2D eigenvalue weighted by Crippen LogP contribution is -2.32. The Hall–Kier alpha value is -11.1. The van der Waals surface area contributed by atoms with Crippen LogP contribution in [0.25, 0.3) is 6.08 Å². The van der Waals surface area contributed by atoms with Crippen LogP contribution < -0.4 is 37.2 Å². The maximum Gasteiger partial charge on any atom is 0.292 e. The quantitative estimate of drug-likeness (QED) is 0.0633. The maximum absolute atomic E-state index is 13.5. The highest BCUT2D eigenvalue weighted by Crippen LogP contribution is 2.66. The van der Waals surface area contributed by atoms with Gasteiger partial charge in [0.05, 0.1) is 22.7 Å². The van der Waals surface area contributed by atoms with Crippen molar-refractivity contribution in [1.82, 2.24) is 57.1 Å². The molecule has 2 atom stereocenters. The van der Waals surface area contributed by atoms with Gasteiger partial charge in [0.2, 0.25) is 17.6 Å². The SMILES string of the molecule is Cn1cc(NC(=O)c2cc(NC(=O)c3nc(NC(=O)CCNC(=O)c4cc(NC(=O)c5cc(NC(=O)c6nc(NC(=O)c7nccn7C)cn6C)cn5C)cn4C)cn3C)cn2C)cc1/C=C/C(=O)N1C[C@H]2C[C@@]23C1=CC(=O)c1ccccc13. The molecule has 7 N–H and O–H groups in total. The van der Waals surface area contributed by atoms with E-state index in [-0.39, 0.29) is 82.2 Å². The number of nitrogens with zero attached hydrogens (tertiary/aromatic N) is 11. The van der Waals surface area contributed by atoms with E-state index in [1.165, 1.54) is 73.5 Å². The molecule has 0 radical (unpaired) electrons. The molecule has 1 aliphatic heterocycles. The molecule has 27 heteroatoms. The standard InChI is InChI=1S/C57H56N18O9/c1-68-17-16-58-48(68)54(82)67-45-30-74(7)50(66-45)56(84)63-35-21-41(72(5)28-35)53(81)61-33-19-39(70(3)26-33)51(79)59-15-14-46(77)64-44-29-73(6)49(65-44)55(83)62-34-20-40(71(4)27-34)52(80)60-32-18-36(69(2)25-32)12-13-47(78)75-24-31-23-57(31)38-11-9-8-10-37(38)42(76)22-43(57)75/h8-13,16-22,25-31H,14-15,23-24H2,1-7H3,(H,59,79)(H,60,80)(H,61,81)(H,62,83)(H,63,84)(H,64,77)(H,67,82)/b13-12+/t31-,57-/m1/s1. The molecule has 0 unspecified atom stereocenters. The molecule has 1 saturated carbocycles. The molecule has 0 bridgehead atoms. The van der Waals surface area contributed by atoms with Crippen molar-refractivity contribution in [2.45, 2.75) is 18.3 Å². The molecule has 84 heavy (non-hydrogen) atoms. The van der Waals surface area contributed by atoms with Crippen LogP contribution in [0.1, 0.15) is 97.8 Å². The Morgan fingerprint density at radius 1 is 0.583 bits per heavy atom. The van der Waals surface area contributed by atoms with E-state index in [1.54, 1.807) is 105 Å². The number of aryl methyl sites for hydroxylation is 7. The lowest BCUT2D eigenvalue weighted by molar-refractivity contribution is -0.124. The summed E-state index contributed by atoms with van der Waals surface area (Å²) in [5, 5.41) is 19.0. The van der Waals surface area contributed by atoms with Gasteiger partial charge in [-0.15, -0.1) is 0 Å². The second kappa shape index (κ2) is 21.4. The van der Waals surface area contributed by atoms with E-state index in [2.05, 4.69) is 52.2 Å². The first-order valence-electron chi connectivity index (χ1n) is 26.3. The Labute approximate surface area is 478 Å². The minimum absolute atomic E-state index is 0.00685. The van der Waals surface area contributed by atoms with Crippen molar-refractivity contribution < 1.29 is 43.2 Å². The van der Waals surface area contributed by atoms with Crippen molar-refractivity contribution in [2.24, 2.45) is 55.3 Å². The first-order chi connectivity index (χ1) is 40.1. The minimum atomic E-state index is -0.618. The molecule has 2 fully saturated rings. The number of nitrogens with one attached hydrogen (secondary N) is 7. The summed E-state index contributed by atoms with van der Waals surface area (Å²) >= 11 is 0. The van der Waals surface area contributed by atoms with Gasteiger partial charge >= 0.3 is 0 Å². The third kappa shape index (κ3) is 10.5. The number of allylic oxidation sites excluding steroid dienone is 2. The first-order valence-corrected chi connectivity index (χ1v) is 26.3. The lowest BCUT2D eigenvalue weighted by Gasteiger charge is -2.28. The number of fused-ring (bicyclic) bond motifs is 1. The predicted molar refractivity (Wildman–Crippen MR) is 306 cm³/mol. The molecule has 1 aromatic carbocycles. The van der Waals surface area contributed by atoms with Gasteiger partial charge in [0.25, 0.3) is 41.4 Å². The highest BCUT2D eigenvalue weighted by Gasteiger charge is 2.67. The van der Waals surface area contributed by atoms with E-state index in [4.69, 9.17) is 0 Å². The molecule has 7 aromatic heterocycles. The first kappa shape index (κ1) is 54.8. The number of benzene rings is 1. The molecule has 1 saturated heterocycles. The summed E-state index contributed by atoms with van der Waals surface area (Å²) < 4.78 is 10.7. The molecule has 3 aliphatic rings. The van der Waals surface area contributed by atoms with Crippen molar-refractivity contribution in [2.75, 3.05) is 45.0 Å². The van der Waals surface area contributed by atoms with Crippen LogP contribution in [-0.4, -0.2) is 118 Å². The number of amides is 8. The molecule has 2 aliphatic carbocycles. The number of aromatic nitrogens is 10. The number of anilines is 6. The Morgan fingerprint density at radius 3 is 1.69 bits per heavy atom. The molecule has 8 aromatic rings. The van der Waals surface area contributed by atoms with Crippen molar-refractivity contribution in [3.05, 3.63) is 167 Å². The summed E-state index contributed by atoms with van der Waals surface area (Å²) in [5.41, 5.74) is 4.77. The van der Waals surface area contributed by atoms with Crippen LogP contribution in [-0.2, 0) is 64.3 Å². The number of imidazole rings is 3. The van der Waals surface area contributed by atoms with E-state index < -0.39 is 41.4 Å². The van der Waals surface area contributed by atoms with E-state index in [9.17, 15) is 43.2 Å². The van der Waals surface area contributed by atoms with Gasteiger partial charge in [-0.25, -0.2) is 15.0 Å². The van der Waals surface area contributed by atoms with Gasteiger partial charge in [0.15, 0.2) is 23.2 Å². The van der Waals surface area contributed by atoms with Gasteiger partial charge < -0.3 is 74.1 Å². The number of likely N-dealkylation sites (tertiary alicyclic amines) is 1. The predicted octanol–water partition coefficient (Wildman–Crippen LogP) is 4.15. The largest absolute Gasteiger partial charge is 0.350 e. The van der Waals surface area contributed by atoms with Crippen molar-refractivity contribution >= 4 is 93.5 Å². The average molecular weight is 1140 g/mol. The van der Waals surface area contributed by atoms with Crippen LogP contribution in [0.15, 0.2) is 116 Å². The molecule has 11 rings (SSSR count). The normalized spacial score (nSPS) is 15.7. The van der Waals surface area contributed by atoms with Crippen molar-refractivity contribution in [3.63, 3.8) is 0 Å². The second-order valence-corrected chi connectivity index (χ2v) is 20.8. The van der Waals surface area contributed by atoms with E-state index in [0.29, 0.717) is 40.6 Å². The zero-order chi connectivity index (χ0) is 59.5. The van der Waals surface area contributed by atoms with Crippen molar-refractivity contribution in [3.8, 4) is 0 Å². The average Bonchev–Trinajstić information content (AvgIpc) is 1.68. The second-order valence-electron chi connectivity index (χ2n) is 20.8. The highest BCUT2D eigenvalue weighted by molar-refractivity contribution is 6.11. The van der Waals surface area contributed by atoms with Crippen LogP contribution in [0.3, 0.4) is 0 Å². The molecule has 1 spiro atoms. The Balaban J connectivity index is 0.624. The summed E-state index contributed by atoms with van der Waals surface area (Å²) in [4.78, 5) is 133. The monoisotopic (exact) mass is 1140 g/mol. The van der Waals surface area contributed by atoms with Crippen LogP contribution in [0.4, 0.5) is 34.4 Å². The Morgan fingerprint density at radius 2 is 1.11 bits per heavy atom. The smallest absolute Gasteiger partial charge is 0.292 e. The fourth-order valence-corrected chi connectivity index (χ4v) is 10.8. The number of hydrogen-bond donors (Lipinski definition) is 7. The van der Waals surface area contributed by atoms with Gasteiger partial charge in [-0.2, -0.15) is 0 Å². The summed E-state index contributed by atoms with van der Waals surface area (Å²) in [7, 11) is 11.5. The van der Waals surface area contributed by atoms with Gasteiger partial charge in [0, 0.05) is 153 Å². The van der Waals surface area contributed by atoms with Gasteiger partial charge in [0.1, 0.15) is 17.1 Å². The van der Waals surface area contributed by atoms with E-state index >= 15 is 0 Å². The van der Waals surface area contributed by atoms with Crippen LogP contribution >= 0.6 is 0 Å². The summed E-state index contributed by atoms with van der Waals surface area (Å²) in [5.74, 6) is -3.47. The number of ketones is 1. The number of piperidine rings is 1. The van der Waals surface area contributed by atoms with E-state index in [0.717, 1.165) is 17.7 Å². The van der Waals surface area contributed by atoms with Gasteiger partial charge in [-0.1, -0.05) is 24.3 Å². The van der Waals surface area contributed by atoms with E-state index in [1.807, 2.05) is 24.3 Å². The lowest BCUT2D eigenvalue weighted by atomic mass is 9.81. The zero-order valence-corrected chi connectivity index (χ0v) is 46.5. The molecule has 8 heterocycles. The van der Waals surface area contributed by atoms with Crippen LogP contribution in [0.5, 0.6) is 0 Å². The number of carbonyl (C=O) groups is 9. The topological polar surface area (TPSA) is 314 Å². The summed E-state index contributed by atoms with van der Waals surface area (Å²) in [6.07, 6.45) is 17.9. The van der Waals surface area contributed by atoms with Crippen LogP contribution in [0.2, 0.25) is 0 Å². The Bertz CT molecular complexity index is 4170. The molecule has 428 valence electrons. The maximum atomic E-state index is 13.5. The third-order valence-corrected chi connectivity index (χ3v) is 15.0. The summed E-state index contributed by atoms with van der Waals surface area (Å²) in [6.45, 7) is 0.468. The number of hydrogen-bond acceptors (Lipinski definition) is 12. The fraction of sp³-hybridized carbons (Fsp3) is 0.228. The van der Waals surface area contributed by atoms with Crippen molar-refractivity contribution in [1.29, 1.82) is 0 Å². The van der Waals surface area contributed by atoms with Gasteiger partial charge in [-0.05, 0) is 48.2 Å². The molecular weight excluding hydrogens is 1080 g/mol.